The molecule has 0 saturated heterocycles. The number of hydrogen-bond donors (Lipinski definition) is 3. The number of Topliss-reactive ketones (excluding diaryl/α,β-unsaturated/α-hetero) is 2. The molecule has 238 valence electrons. The Balaban J connectivity index is 1.22. The maximum atomic E-state index is 12.8. The normalized spacial score (nSPS) is 11.6. The smallest absolute Gasteiger partial charge is 0.255 e. The molecule has 0 unspecified atom stereocenters. The van der Waals surface area contributed by atoms with Crippen LogP contribution in [0, 0.1) is 5.41 Å². The van der Waals surface area contributed by atoms with Crippen molar-refractivity contribution >= 4 is 34.2 Å². The summed E-state index contributed by atoms with van der Waals surface area (Å²) in [6.07, 6.45) is 0.928. The number of ether oxygens (including phenoxy) is 3. The van der Waals surface area contributed by atoms with Gasteiger partial charge in [-0.1, -0.05) is 32.9 Å². The molecule has 0 radical (unpaired) electrons. The van der Waals surface area contributed by atoms with Gasteiger partial charge in [-0.05, 0) is 61.0 Å². The van der Waals surface area contributed by atoms with Gasteiger partial charge in [0.25, 0.3) is 5.91 Å². The van der Waals surface area contributed by atoms with Gasteiger partial charge in [0, 0.05) is 46.4 Å². The maximum Gasteiger partial charge on any atom is 0.255 e. The van der Waals surface area contributed by atoms with Crippen LogP contribution in [0.15, 0.2) is 66.7 Å². The van der Waals surface area contributed by atoms with Crippen molar-refractivity contribution in [3.8, 4) is 11.4 Å². The molecule has 3 N–H and O–H groups in total. The van der Waals surface area contributed by atoms with Crippen molar-refractivity contribution in [3.05, 3.63) is 83.4 Å². The molecule has 1 heterocycles. The highest BCUT2D eigenvalue weighted by Crippen LogP contribution is 2.26. The predicted octanol–water partition coefficient (Wildman–Crippen LogP) is 5.72. The molecule has 10 nitrogen and oxygen atoms in total. The Morgan fingerprint density at radius 2 is 1.38 bits per heavy atom. The Morgan fingerprint density at radius 3 is 2.02 bits per heavy atom. The van der Waals surface area contributed by atoms with Gasteiger partial charge in [0.2, 0.25) is 0 Å². The summed E-state index contributed by atoms with van der Waals surface area (Å²) in [6.45, 7) is 8.18. The largest absolute Gasteiger partial charge is 0.394 e. The lowest BCUT2D eigenvalue weighted by atomic mass is 9.86. The number of aliphatic hydroxyl groups excluding tert-OH is 1. The summed E-state index contributed by atoms with van der Waals surface area (Å²) >= 11 is 0. The zero-order valence-electron chi connectivity index (χ0n) is 26.1. The Hall–Kier alpha value is -4.22. The molecule has 0 aliphatic carbocycles. The van der Waals surface area contributed by atoms with E-state index in [4.69, 9.17) is 19.3 Å². The van der Waals surface area contributed by atoms with E-state index in [1.165, 1.54) is 0 Å². The van der Waals surface area contributed by atoms with Gasteiger partial charge < -0.3 is 29.6 Å². The highest BCUT2D eigenvalue weighted by Gasteiger charge is 2.23. The standard InChI is InChI=1S/C35H41N3O7/c1-35(2,3)32(41)27-12-15-29-30(23-27)38-33(37-29)25-10-13-28(14-11-25)36-34(42)26-8-6-24(7-9-26)31(40)5-4-17-43-19-21-45-22-20-44-18-16-39/h6-15,23,39H,4-5,16-22H2,1-3H3,(H,36,42)(H,37,38). The SMILES string of the molecule is CC(C)(C)C(=O)c1ccc2nc(-c3ccc(NC(=O)c4ccc(C(=O)CCCOCCOCCOCCO)cc4)cc3)[nH]c2c1. The highest BCUT2D eigenvalue weighted by atomic mass is 16.5. The van der Waals surface area contributed by atoms with Crippen LogP contribution in [0.5, 0.6) is 0 Å². The van der Waals surface area contributed by atoms with Gasteiger partial charge in [0.1, 0.15) is 5.82 Å². The molecule has 0 bridgehead atoms. The first kappa shape index (κ1) is 33.7. The minimum absolute atomic E-state index is 0.00448. The van der Waals surface area contributed by atoms with E-state index in [1.807, 2.05) is 45.0 Å². The van der Waals surface area contributed by atoms with Crippen LogP contribution in [0.1, 0.15) is 64.7 Å². The number of benzene rings is 3. The number of rotatable bonds is 17. The van der Waals surface area contributed by atoms with E-state index < -0.39 is 5.41 Å². The van der Waals surface area contributed by atoms with Gasteiger partial charge in [0.05, 0.1) is 50.7 Å². The monoisotopic (exact) mass is 615 g/mol. The molecule has 0 atom stereocenters. The Morgan fingerprint density at radius 1 is 0.778 bits per heavy atom. The summed E-state index contributed by atoms with van der Waals surface area (Å²) in [5.74, 6) is 0.444. The molecule has 4 rings (SSSR count). The van der Waals surface area contributed by atoms with Crippen molar-refractivity contribution in [1.82, 2.24) is 9.97 Å². The molecular formula is C35H41N3O7. The Kier molecular flexibility index (Phi) is 12.1. The summed E-state index contributed by atoms with van der Waals surface area (Å²) in [4.78, 5) is 46.0. The van der Waals surface area contributed by atoms with Gasteiger partial charge in [-0.15, -0.1) is 0 Å². The molecule has 0 spiro atoms. The van der Waals surface area contributed by atoms with Gasteiger partial charge in [-0.25, -0.2) is 4.98 Å². The fourth-order valence-electron chi connectivity index (χ4n) is 4.53. The van der Waals surface area contributed by atoms with Crippen LogP contribution in [0.25, 0.3) is 22.4 Å². The van der Waals surface area contributed by atoms with Crippen LogP contribution < -0.4 is 5.32 Å². The number of anilines is 1. The first-order chi connectivity index (χ1) is 21.7. The van der Waals surface area contributed by atoms with Crippen LogP contribution in [0.3, 0.4) is 0 Å². The van der Waals surface area contributed by atoms with Gasteiger partial charge in [-0.3, -0.25) is 14.4 Å². The van der Waals surface area contributed by atoms with Crippen molar-refractivity contribution in [2.75, 3.05) is 51.6 Å². The molecule has 1 aromatic heterocycles. The molecule has 0 saturated carbocycles. The van der Waals surface area contributed by atoms with Crippen LogP contribution in [0.4, 0.5) is 5.69 Å². The van der Waals surface area contributed by atoms with E-state index in [0.717, 1.165) is 16.6 Å². The summed E-state index contributed by atoms with van der Waals surface area (Å²) in [6, 6.07) is 19.4. The predicted molar refractivity (Wildman–Crippen MR) is 173 cm³/mol. The molecule has 4 aromatic rings. The van der Waals surface area contributed by atoms with Crippen LogP contribution in [0.2, 0.25) is 0 Å². The van der Waals surface area contributed by atoms with E-state index in [1.54, 1.807) is 42.5 Å². The lowest BCUT2D eigenvalue weighted by molar-refractivity contribution is 0.00731. The molecule has 0 aliphatic rings. The molecule has 0 aliphatic heterocycles. The second-order valence-corrected chi connectivity index (χ2v) is 11.6. The fraction of sp³-hybridized carbons (Fsp3) is 0.371. The van der Waals surface area contributed by atoms with E-state index in [9.17, 15) is 14.4 Å². The number of ketones is 2. The van der Waals surface area contributed by atoms with E-state index in [2.05, 4.69) is 15.3 Å². The molecular weight excluding hydrogens is 574 g/mol. The number of carbonyl (C=O) groups is 3. The van der Waals surface area contributed by atoms with Crippen LogP contribution >= 0.6 is 0 Å². The number of nitrogens with zero attached hydrogens (tertiary/aromatic N) is 1. The number of hydrogen-bond acceptors (Lipinski definition) is 8. The van der Waals surface area contributed by atoms with Crippen molar-refractivity contribution in [2.24, 2.45) is 5.41 Å². The zero-order valence-corrected chi connectivity index (χ0v) is 26.1. The number of aliphatic hydroxyl groups is 1. The van der Waals surface area contributed by atoms with Crippen molar-refractivity contribution in [3.63, 3.8) is 0 Å². The van der Waals surface area contributed by atoms with Gasteiger partial charge in [0.15, 0.2) is 11.6 Å². The lowest BCUT2D eigenvalue weighted by Crippen LogP contribution is -2.19. The third-order valence-electron chi connectivity index (χ3n) is 6.98. The quantitative estimate of drug-likeness (QED) is 0.101. The molecule has 10 heteroatoms. The number of nitrogens with one attached hydrogen (secondary N) is 2. The molecule has 1 amide bonds. The van der Waals surface area contributed by atoms with Gasteiger partial charge >= 0.3 is 0 Å². The van der Waals surface area contributed by atoms with Crippen molar-refractivity contribution in [2.45, 2.75) is 33.6 Å². The van der Waals surface area contributed by atoms with Gasteiger partial charge in [-0.2, -0.15) is 0 Å². The van der Waals surface area contributed by atoms with Crippen molar-refractivity contribution in [1.29, 1.82) is 0 Å². The summed E-state index contributed by atoms with van der Waals surface area (Å²) in [5.41, 5.74) is 4.17. The number of fused-ring (bicyclic) bond motifs is 1. The maximum absolute atomic E-state index is 12.8. The first-order valence-electron chi connectivity index (χ1n) is 15.1. The lowest BCUT2D eigenvalue weighted by Gasteiger charge is -2.16. The first-order valence-corrected chi connectivity index (χ1v) is 15.1. The Labute approximate surface area is 263 Å². The molecule has 0 fully saturated rings. The van der Waals surface area contributed by atoms with Crippen LogP contribution in [-0.2, 0) is 14.2 Å². The number of aromatic nitrogens is 2. The average molecular weight is 616 g/mol. The topological polar surface area (TPSA) is 140 Å². The number of aromatic amines is 1. The highest BCUT2D eigenvalue weighted by molar-refractivity contribution is 6.05. The minimum Gasteiger partial charge on any atom is -0.394 e. The summed E-state index contributed by atoms with van der Waals surface area (Å²) in [7, 11) is 0. The van der Waals surface area contributed by atoms with E-state index in [-0.39, 0.29) is 24.1 Å². The van der Waals surface area contributed by atoms with E-state index >= 15 is 0 Å². The second kappa shape index (κ2) is 16.2. The third kappa shape index (κ3) is 9.89. The third-order valence-corrected chi connectivity index (χ3v) is 6.98. The summed E-state index contributed by atoms with van der Waals surface area (Å²) < 4.78 is 15.9. The minimum atomic E-state index is -0.470. The van der Waals surface area contributed by atoms with Crippen LogP contribution in [-0.4, -0.2) is 78.8 Å². The number of amides is 1. The van der Waals surface area contributed by atoms with E-state index in [0.29, 0.717) is 80.7 Å². The zero-order chi connectivity index (χ0) is 32.2. The summed E-state index contributed by atoms with van der Waals surface area (Å²) in [5, 5.41) is 11.5. The average Bonchev–Trinajstić information content (AvgIpc) is 3.46. The number of H-pyrrole nitrogens is 1. The number of imidazole rings is 1. The fourth-order valence-corrected chi connectivity index (χ4v) is 4.53. The molecule has 3 aromatic carbocycles. The Bertz CT molecular complexity index is 1570. The van der Waals surface area contributed by atoms with Crippen molar-refractivity contribution < 1.29 is 33.7 Å². The number of carbonyl (C=O) groups excluding carboxylic acids is 3. The molecule has 45 heavy (non-hydrogen) atoms. The second-order valence-electron chi connectivity index (χ2n) is 11.6.